The van der Waals surface area contributed by atoms with E-state index in [0.29, 0.717) is 11.3 Å². The van der Waals surface area contributed by atoms with E-state index >= 15 is 0 Å². The highest BCUT2D eigenvalue weighted by molar-refractivity contribution is 9.10. The zero-order chi connectivity index (χ0) is 13.3. The van der Waals surface area contributed by atoms with Crippen molar-refractivity contribution in [3.8, 4) is 11.5 Å². The minimum Gasteiger partial charge on any atom is -0.496 e. The van der Waals surface area contributed by atoms with E-state index in [-0.39, 0.29) is 5.78 Å². The maximum absolute atomic E-state index is 11.4. The second-order valence-corrected chi connectivity index (χ2v) is 4.76. The Balaban J connectivity index is 2.84. The molecule has 4 heteroatoms. The number of Topliss-reactive ketones (excluding diaryl/α,β-unsaturated/α-hetero) is 1. The van der Waals surface area contributed by atoms with Gasteiger partial charge in [-0.1, -0.05) is 6.07 Å². The highest BCUT2D eigenvalue weighted by Gasteiger charge is 2.13. The maximum Gasteiger partial charge on any atom is 0.159 e. The number of hydrogen-bond donors (Lipinski definition) is 0. The first-order valence-corrected chi connectivity index (χ1v) is 6.23. The Hall–Kier alpha value is -1.55. The van der Waals surface area contributed by atoms with Crippen molar-refractivity contribution in [2.24, 2.45) is 0 Å². The standard InChI is InChI=1S/C14H13BrO3/c1-8(16)9-4-5-10-11(6-9)13(17-2)7-12(15)14(10)18-3/h4-7H,1-3H3. The lowest BCUT2D eigenvalue weighted by Crippen LogP contribution is -1.95. The average molecular weight is 309 g/mol. The Kier molecular flexibility index (Phi) is 3.57. The van der Waals surface area contributed by atoms with Gasteiger partial charge in [-0.15, -0.1) is 0 Å². The molecule has 0 bridgehead atoms. The number of hydrogen-bond acceptors (Lipinski definition) is 3. The van der Waals surface area contributed by atoms with Gasteiger partial charge in [-0.3, -0.25) is 4.79 Å². The third kappa shape index (κ3) is 2.08. The number of ether oxygens (including phenoxy) is 2. The van der Waals surface area contributed by atoms with Crippen LogP contribution in [0.3, 0.4) is 0 Å². The van der Waals surface area contributed by atoms with Crippen molar-refractivity contribution >= 4 is 32.5 Å². The number of rotatable bonds is 3. The van der Waals surface area contributed by atoms with Gasteiger partial charge in [0.1, 0.15) is 11.5 Å². The predicted molar refractivity (Wildman–Crippen MR) is 74.8 cm³/mol. The summed E-state index contributed by atoms with van der Waals surface area (Å²) in [5, 5.41) is 1.78. The molecule has 0 N–H and O–H groups in total. The molecule has 2 aromatic carbocycles. The van der Waals surface area contributed by atoms with Crippen LogP contribution in [0, 0.1) is 0 Å². The molecule has 0 aliphatic carbocycles. The molecule has 0 atom stereocenters. The monoisotopic (exact) mass is 308 g/mol. The van der Waals surface area contributed by atoms with Crippen LogP contribution in [-0.2, 0) is 0 Å². The summed E-state index contributed by atoms with van der Waals surface area (Å²) in [5.41, 5.74) is 0.658. The van der Waals surface area contributed by atoms with Crippen molar-refractivity contribution < 1.29 is 14.3 Å². The average Bonchev–Trinajstić information content (AvgIpc) is 2.37. The van der Waals surface area contributed by atoms with Crippen LogP contribution in [0.1, 0.15) is 17.3 Å². The van der Waals surface area contributed by atoms with Gasteiger partial charge < -0.3 is 9.47 Å². The lowest BCUT2D eigenvalue weighted by molar-refractivity contribution is 0.101. The zero-order valence-electron chi connectivity index (χ0n) is 10.4. The summed E-state index contributed by atoms with van der Waals surface area (Å²) in [7, 11) is 3.22. The Morgan fingerprint density at radius 3 is 2.39 bits per heavy atom. The van der Waals surface area contributed by atoms with E-state index in [0.717, 1.165) is 21.0 Å². The highest BCUT2D eigenvalue weighted by Crippen LogP contribution is 2.39. The molecule has 0 saturated heterocycles. The van der Waals surface area contributed by atoms with Gasteiger partial charge in [0.15, 0.2) is 5.78 Å². The van der Waals surface area contributed by atoms with Crippen LogP contribution in [0.5, 0.6) is 11.5 Å². The first-order valence-electron chi connectivity index (χ1n) is 5.43. The topological polar surface area (TPSA) is 35.5 Å². The molecule has 94 valence electrons. The van der Waals surface area contributed by atoms with Gasteiger partial charge in [0.2, 0.25) is 0 Å². The molecule has 18 heavy (non-hydrogen) atoms. The smallest absolute Gasteiger partial charge is 0.159 e. The molecular weight excluding hydrogens is 296 g/mol. The van der Waals surface area contributed by atoms with E-state index in [1.54, 1.807) is 27.2 Å². The van der Waals surface area contributed by atoms with Crippen LogP contribution in [0.15, 0.2) is 28.7 Å². The van der Waals surface area contributed by atoms with E-state index in [1.165, 1.54) is 0 Å². The number of carbonyl (C=O) groups excluding carboxylic acids is 1. The summed E-state index contributed by atoms with van der Waals surface area (Å²) in [6, 6.07) is 7.33. The van der Waals surface area contributed by atoms with Gasteiger partial charge in [0, 0.05) is 16.3 Å². The van der Waals surface area contributed by atoms with Crippen LogP contribution in [-0.4, -0.2) is 20.0 Å². The SMILES string of the molecule is COc1cc(Br)c(OC)c2ccc(C(C)=O)cc12. The Labute approximate surface area is 114 Å². The quantitative estimate of drug-likeness (QED) is 0.809. The van der Waals surface area contributed by atoms with Gasteiger partial charge in [0.25, 0.3) is 0 Å². The Bertz CT molecular complexity index is 620. The molecule has 3 nitrogen and oxygen atoms in total. The van der Waals surface area contributed by atoms with Crippen molar-refractivity contribution in [1.29, 1.82) is 0 Å². The summed E-state index contributed by atoms with van der Waals surface area (Å²) in [5.74, 6) is 1.47. The Morgan fingerprint density at radius 1 is 1.11 bits per heavy atom. The van der Waals surface area contributed by atoms with E-state index in [9.17, 15) is 4.79 Å². The fourth-order valence-electron chi connectivity index (χ4n) is 1.93. The van der Waals surface area contributed by atoms with Crippen LogP contribution in [0.25, 0.3) is 10.8 Å². The van der Waals surface area contributed by atoms with Crippen molar-refractivity contribution in [3.63, 3.8) is 0 Å². The second kappa shape index (κ2) is 4.98. The van der Waals surface area contributed by atoms with Gasteiger partial charge >= 0.3 is 0 Å². The Morgan fingerprint density at radius 2 is 1.83 bits per heavy atom. The highest BCUT2D eigenvalue weighted by atomic mass is 79.9. The molecule has 2 aromatic rings. The molecule has 0 spiro atoms. The molecule has 0 aromatic heterocycles. The number of methoxy groups -OCH3 is 2. The summed E-state index contributed by atoms with van der Waals surface area (Å²) >= 11 is 3.44. The largest absolute Gasteiger partial charge is 0.496 e. The van der Waals surface area contributed by atoms with Crippen molar-refractivity contribution in [3.05, 3.63) is 34.3 Å². The third-order valence-electron chi connectivity index (χ3n) is 2.83. The molecule has 0 unspecified atom stereocenters. The van der Waals surface area contributed by atoms with E-state index < -0.39 is 0 Å². The first kappa shape index (κ1) is 12.9. The molecule has 0 heterocycles. The van der Waals surface area contributed by atoms with Crippen LogP contribution in [0.4, 0.5) is 0 Å². The number of benzene rings is 2. The second-order valence-electron chi connectivity index (χ2n) is 3.91. The molecule has 0 radical (unpaired) electrons. The summed E-state index contributed by atoms with van der Waals surface area (Å²) < 4.78 is 11.5. The number of ketones is 1. The van der Waals surface area contributed by atoms with Crippen LogP contribution < -0.4 is 9.47 Å². The maximum atomic E-state index is 11.4. The van der Waals surface area contributed by atoms with Crippen LogP contribution in [0.2, 0.25) is 0 Å². The van der Waals surface area contributed by atoms with Gasteiger partial charge in [0.05, 0.1) is 18.7 Å². The molecular formula is C14H13BrO3. The lowest BCUT2D eigenvalue weighted by Gasteiger charge is -2.12. The fourth-order valence-corrected chi connectivity index (χ4v) is 2.51. The molecule has 0 saturated carbocycles. The predicted octanol–water partition coefficient (Wildman–Crippen LogP) is 3.82. The summed E-state index contributed by atoms with van der Waals surface area (Å²) in [6.07, 6.45) is 0. The zero-order valence-corrected chi connectivity index (χ0v) is 12.0. The first-order chi connectivity index (χ1) is 8.58. The lowest BCUT2D eigenvalue weighted by atomic mass is 10.0. The summed E-state index contributed by atoms with van der Waals surface area (Å²) in [4.78, 5) is 11.4. The van der Waals surface area contributed by atoms with E-state index in [4.69, 9.17) is 9.47 Å². The minimum absolute atomic E-state index is 0.0286. The fraction of sp³-hybridized carbons (Fsp3) is 0.214. The van der Waals surface area contributed by atoms with Crippen molar-refractivity contribution in [2.45, 2.75) is 6.92 Å². The van der Waals surface area contributed by atoms with Gasteiger partial charge in [-0.2, -0.15) is 0 Å². The third-order valence-corrected chi connectivity index (χ3v) is 3.42. The number of carbonyl (C=O) groups is 1. The molecule has 0 aliphatic heterocycles. The van der Waals surface area contributed by atoms with Gasteiger partial charge in [-0.05, 0) is 41.1 Å². The van der Waals surface area contributed by atoms with Gasteiger partial charge in [-0.25, -0.2) is 0 Å². The molecule has 0 aliphatic rings. The molecule has 0 amide bonds. The number of halogens is 1. The molecule has 2 rings (SSSR count). The van der Waals surface area contributed by atoms with Crippen LogP contribution >= 0.6 is 15.9 Å². The number of fused-ring (bicyclic) bond motifs is 1. The van der Waals surface area contributed by atoms with Crippen molar-refractivity contribution in [2.75, 3.05) is 14.2 Å². The minimum atomic E-state index is 0.0286. The molecule has 0 fully saturated rings. The van der Waals surface area contributed by atoms with E-state index in [2.05, 4.69) is 15.9 Å². The normalized spacial score (nSPS) is 10.4. The van der Waals surface area contributed by atoms with Crippen molar-refractivity contribution in [1.82, 2.24) is 0 Å². The summed E-state index contributed by atoms with van der Waals surface area (Å²) in [6.45, 7) is 1.55. The van der Waals surface area contributed by atoms with E-state index in [1.807, 2.05) is 18.2 Å².